The predicted octanol–water partition coefficient (Wildman–Crippen LogP) is 8.85. The zero-order chi connectivity index (χ0) is 50.2. The van der Waals surface area contributed by atoms with E-state index in [1.165, 1.54) is 51.8 Å². The third kappa shape index (κ3) is 15.0. The molecule has 17 nitrogen and oxygen atoms in total. The lowest BCUT2D eigenvalue weighted by Crippen LogP contribution is -2.43. The summed E-state index contributed by atoms with van der Waals surface area (Å²) in [7, 11) is -10.7. The molecule has 4 heterocycles. The third-order valence-electron chi connectivity index (χ3n) is 11.3. The van der Waals surface area contributed by atoms with Crippen molar-refractivity contribution in [2.45, 2.75) is 87.6 Å². The number of nitrogens with zero attached hydrogens (tertiary/aromatic N) is 6. The molecule has 0 spiro atoms. The van der Waals surface area contributed by atoms with Gasteiger partial charge in [-0.15, -0.1) is 10.2 Å². The number of hydrogen-bond acceptors (Lipinski definition) is 12. The number of sulfonamides is 2. The largest absolute Gasteiger partial charge is 0.480 e. The van der Waals surface area contributed by atoms with E-state index in [1.807, 2.05) is 4.72 Å². The molecule has 6 rings (SSSR count). The van der Waals surface area contributed by atoms with Gasteiger partial charge >= 0.3 is 5.97 Å². The van der Waals surface area contributed by atoms with Crippen molar-refractivity contribution in [3.63, 3.8) is 0 Å². The smallest absolute Gasteiger partial charge is 0.338 e. The zero-order valence-corrected chi connectivity index (χ0v) is 44.0. The summed E-state index contributed by atoms with van der Waals surface area (Å²) >= 11 is 12.1. The number of nitrogens with two attached hydrogens (primary N) is 1. The monoisotopic (exact) mass is 1030 g/mol. The highest BCUT2D eigenvalue weighted by molar-refractivity contribution is 7.90. The van der Waals surface area contributed by atoms with Gasteiger partial charge in [0.2, 0.25) is 21.8 Å². The quantitative estimate of drug-likeness (QED) is 0.0724. The van der Waals surface area contributed by atoms with E-state index < -0.39 is 48.1 Å². The Morgan fingerprint density at radius 2 is 1.03 bits per heavy atom. The SMILES string of the molecule is CC(C)(C)[Si](C)(C)COc1ccn(-c2ccc(C(=O)NS(=O)(=O)c3ccccc3)c(Cl)n2)n1.CC(C)(C)[Si](C)(C)COc1ccn(-c2ccc(C(=O)O)c(Cl)n2)n1.NS(=O)(=O)c1ccccc1. The topological polar surface area (TPSA) is 241 Å². The number of aromatic carboxylic acids is 1. The fraction of sp³-hybridized carbons (Fsp3) is 0.318. The molecule has 0 unspecified atom stereocenters. The molecule has 0 bridgehead atoms. The highest BCUT2D eigenvalue weighted by Gasteiger charge is 2.37. The van der Waals surface area contributed by atoms with Crippen LogP contribution in [-0.2, 0) is 20.0 Å². The van der Waals surface area contributed by atoms with E-state index in [9.17, 15) is 26.4 Å². The Balaban J connectivity index is 0.000000250. The molecule has 0 saturated carbocycles. The third-order valence-corrected chi connectivity index (χ3v) is 24.0. The molecule has 0 radical (unpaired) electrons. The lowest BCUT2D eigenvalue weighted by atomic mass is 10.2. The number of carbonyl (C=O) groups is 2. The van der Waals surface area contributed by atoms with Crippen molar-refractivity contribution in [3.8, 4) is 23.4 Å². The molecule has 0 atom stereocenters. The zero-order valence-electron chi connectivity index (χ0n) is 38.9. The first-order chi connectivity index (χ1) is 30.9. The van der Waals surface area contributed by atoms with Crippen LogP contribution in [0.25, 0.3) is 11.6 Å². The number of pyridine rings is 2. The fourth-order valence-corrected chi connectivity index (χ4v) is 8.72. The molecule has 0 saturated heterocycles. The molecular weight excluding hydrogens is 976 g/mol. The Bertz CT molecular complexity index is 2890. The molecule has 6 aromatic rings. The van der Waals surface area contributed by atoms with Gasteiger partial charge in [0.1, 0.15) is 10.3 Å². The fourth-order valence-electron chi connectivity index (χ4n) is 4.84. The Morgan fingerprint density at radius 3 is 1.37 bits per heavy atom. The minimum Gasteiger partial charge on any atom is -0.480 e. The maximum absolute atomic E-state index is 12.5. The van der Waals surface area contributed by atoms with Crippen LogP contribution in [0.4, 0.5) is 0 Å². The van der Waals surface area contributed by atoms with Crippen molar-refractivity contribution in [1.82, 2.24) is 34.3 Å². The van der Waals surface area contributed by atoms with Crippen LogP contribution in [0.2, 0.25) is 46.6 Å². The first-order valence-electron chi connectivity index (χ1n) is 20.6. The van der Waals surface area contributed by atoms with Gasteiger partial charge in [-0.1, -0.05) is 127 Å². The van der Waals surface area contributed by atoms with Gasteiger partial charge in [-0.05, 0) is 58.6 Å². The van der Waals surface area contributed by atoms with Gasteiger partial charge in [0.25, 0.3) is 15.9 Å². The van der Waals surface area contributed by atoms with Crippen molar-refractivity contribution in [2.24, 2.45) is 5.14 Å². The second-order valence-electron chi connectivity index (χ2n) is 18.5. The van der Waals surface area contributed by atoms with E-state index in [2.05, 4.69) is 87.9 Å². The van der Waals surface area contributed by atoms with Crippen molar-refractivity contribution >= 4 is 71.3 Å². The van der Waals surface area contributed by atoms with Gasteiger partial charge in [-0.2, -0.15) is 0 Å². The maximum atomic E-state index is 12.5. The lowest BCUT2D eigenvalue weighted by Gasteiger charge is -2.35. The molecule has 23 heteroatoms. The molecular formula is C44H56Cl2N8O9S2Si2. The van der Waals surface area contributed by atoms with E-state index in [0.717, 1.165) is 0 Å². The Labute approximate surface area is 403 Å². The van der Waals surface area contributed by atoms with Crippen LogP contribution in [0.3, 0.4) is 0 Å². The van der Waals surface area contributed by atoms with Crippen molar-refractivity contribution in [3.05, 3.63) is 131 Å². The van der Waals surface area contributed by atoms with E-state index in [-0.39, 0.29) is 41.3 Å². The average Bonchev–Trinajstić information content (AvgIpc) is 3.93. The number of ether oxygens (including phenoxy) is 2. The van der Waals surface area contributed by atoms with Gasteiger partial charge in [-0.25, -0.2) is 50.8 Å². The predicted molar refractivity (Wildman–Crippen MR) is 264 cm³/mol. The summed E-state index contributed by atoms with van der Waals surface area (Å²) in [5.41, 5.74) is -0.108. The summed E-state index contributed by atoms with van der Waals surface area (Å²) in [6, 6.07) is 24.9. The summed E-state index contributed by atoms with van der Waals surface area (Å²) in [4.78, 5) is 31.9. The molecule has 0 aliphatic rings. The van der Waals surface area contributed by atoms with Crippen molar-refractivity contribution in [1.29, 1.82) is 0 Å². The highest BCUT2D eigenvalue weighted by atomic mass is 35.5. The summed E-state index contributed by atoms with van der Waals surface area (Å²) in [6.07, 6.45) is 4.68. The number of primary sulfonamides is 1. The normalized spacial score (nSPS) is 12.2. The molecule has 67 heavy (non-hydrogen) atoms. The average molecular weight is 1030 g/mol. The molecule has 360 valence electrons. The van der Waals surface area contributed by atoms with Crippen molar-refractivity contribution in [2.75, 3.05) is 12.5 Å². The number of carboxylic acids is 1. The number of carbonyl (C=O) groups excluding carboxylic acids is 1. The van der Waals surface area contributed by atoms with Crippen LogP contribution in [0.5, 0.6) is 11.8 Å². The number of benzene rings is 2. The number of rotatable bonds is 13. The summed E-state index contributed by atoms with van der Waals surface area (Å²) in [6.45, 7) is 22.5. The van der Waals surface area contributed by atoms with Crippen LogP contribution in [-0.4, -0.2) is 92.0 Å². The number of nitrogens with one attached hydrogen (secondary N) is 1. The van der Waals surface area contributed by atoms with E-state index in [0.29, 0.717) is 35.9 Å². The summed E-state index contributed by atoms with van der Waals surface area (Å²) < 4.78 is 62.8. The maximum Gasteiger partial charge on any atom is 0.338 e. The van der Waals surface area contributed by atoms with Crippen LogP contribution >= 0.6 is 23.2 Å². The minimum atomic E-state index is -4.03. The Morgan fingerprint density at radius 1 is 0.642 bits per heavy atom. The lowest BCUT2D eigenvalue weighted by molar-refractivity contribution is 0.0696. The summed E-state index contributed by atoms with van der Waals surface area (Å²) in [5.74, 6) is -0.204. The molecule has 4 aromatic heterocycles. The Kier molecular flexibility index (Phi) is 17.5. The molecule has 0 fully saturated rings. The molecule has 0 aliphatic heterocycles. The first-order valence-corrected chi connectivity index (χ1v) is 30.8. The standard InChI is InChI=1S/C22H27ClN4O4SSi.C16H22ClN3O3Si.C6H7NO2S/c1-22(2,3)33(4,5)15-31-19-13-14-27(25-19)18-12-11-17(20(23)24-18)21(28)26-32(29,30)16-9-7-6-8-10-16;1-16(2,3)24(4,5)10-23-13-8-9-20(19-13)12-7-6-11(15(21)22)14(17)18-12;7-10(8,9)6-4-2-1-3-5-6/h6-14H,15H2,1-5H3,(H,26,28);6-9H,10H2,1-5H3,(H,21,22);1-5H,(H2,7,8,9). The van der Waals surface area contributed by atoms with Gasteiger partial charge < -0.3 is 14.6 Å². The van der Waals surface area contributed by atoms with E-state index in [1.54, 1.807) is 67.0 Å². The second kappa shape index (κ2) is 21.7. The van der Waals surface area contributed by atoms with Gasteiger partial charge in [-0.3, -0.25) is 4.79 Å². The van der Waals surface area contributed by atoms with Crippen LogP contribution < -0.4 is 19.3 Å². The van der Waals surface area contributed by atoms with E-state index in [4.69, 9.17) is 42.9 Å². The van der Waals surface area contributed by atoms with Gasteiger partial charge in [0, 0.05) is 24.5 Å². The van der Waals surface area contributed by atoms with Crippen LogP contribution in [0, 0.1) is 0 Å². The number of halogens is 2. The van der Waals surface area contributed by atoms with Crippen LogP contribution in [0.1, 0.15) is 62.3 Å². The minimum absolute atomic E-state index is 0.0270. The van der Waals surface area contributed by atoms with Crippen molar-refractivity contribution < 1.29 is 41.0 Å². The number of amides is 1. The number of hydrogen-bond donors (Lipinski definition) is 3. The molecule has 0 aliphatic carbocycles. The van der Waals surface area contributed by atoms with Gasteiger partial charge in [0.05, 0.1) is 49.5 Å². The number of aromatic nitrogens is 6. The van der Waals surface area contributed by atoms with Crippen LogP contribution in [0.15, 0.2) is 119 Å². The summed E-state index contributed by atoms with van der Waals surface area (Å²) in [5, 5.41) is 22.7. The molecule has 4 N–H and O–H groups in total. The molecule has 1 amide bonds. The molecule has 2 aromatic carbocycles. The van der Waals surface area contributed by atoms with E-state index >= 15 is 0 Å². The first kappa shape index (κ1) is 54.2. The van der Waals surface area contributed by atoms with Gasteiger partial charge in [0.15, 0.2) is 11.6 Å². The Hall–Kier alpha value is -5.43. The number of carboxylic acid groups (broad SMARTS) is 1. The highest BCUT2D eigenvalue weighted by Crippen LogP contribution is 2.37. The second-order valence-corrected chi connectivity index (χ2v) is 33.5.